The minimum atomic E-state index is -5.42. The van der Waals surface area contributed by atoms with Gasteiger partial charge in [-0.1, -0.05) is 6.92 Å². The summed E-state index contributed by atoms with van der Waals surface area (Å²) in [5.41, 5.74) is 0.838. The topological polar surface area (TPSA) is 38.5 Å². The van der Waals surface area contributed by atoms with Crippen molar-refractivity contribution in [1.82, 2.24) is 0 Å². The standard InChI is InChI=1S/C16H24NO3.6ClH.Sb/c1-6-7-16(18)17(12(2)3)11-13-10-14(19-4)8-9-15(13)20-5;;;;;;;/h8-12H,6-7H2,1-5H3;6*1H;/q+1;;;;;;;+5/p-6. The van der Waals surface area contributed by atoms with Gasteiger partial charge in [-0.25, -0.2) is 4.79 Å². The van der Waals surface area contributed by atoms with Crippen LogP contribution in [0.2, 0.25) is 0 Å². The number of hydrogen-bond acceptors (Lipinski definition) is 3. The van der Waals surface area contributed by atoms with Crippen LogP contribution < -0.4 is 9.47 Å². The number of carbonyl (C=O) groups excluding carboxylic acids is 1. The van der Waals surface area contributed by atoms with Crippen LogP contribution >= 0.6 is 53.0 Å². The van der Waals surface area contributed by atoms with Gasteiger partial charge in [0.2, 0.25) is 0 Å². The molecule has 1 rings (SSSR count). The van der Waals surface area contributed by atoms with Gasteiger partial charge in [-0.3, -0.25) is 0 Å². The molecule has 0 aliphatic carbocycles. The van der Waals surface area contributed by atoms with Gasteiger partial charge in [0.25, 0.3) is 0 Å². The van der Waals surface area contributed by atoms with Crippen molar-refractivity contribution in [2.75, 3.05) is 14.2 Å². The van der Waals surface area contributed by atoms with Gasteiger partial charge in [0.05, 0.1) is 26.2 Å². The zero-order chi connectivity index (χ0) is 21.5. The Morgan fingerprint density at radius 2 is 1.63 bits per heavy atom. The second kappa shape index (κ2) is 10.2. The van der Waals surface area contributed by atoms with Gasteiger partial charge in [-0.2, -0.15) is 4.58 Å². The molecule has 11 heteroatoms. The second-order valence-corrected chi connectivity index (χ2v) is 62.7. The number of halogens is 6. The Hall–Kier alpha value is 0.718. The second-order valence-electron chi connectivity index (χ2n) is 5.84. The summed E-state index contributed by atoms with van der Waals surface area (Å²) < 4.78 is 12.3. The van der Waals surface area contributed by atoms with Crippen LogP contribution in [0, 0.1) is 0 Å². The predicted octanol–water partition coefficient (Wildman–Crippen LogP) is 6.63. The SMILES string of the molecule is CCCC(=O)[N+](=Cc1cc(OC)ccc1OC)C(C)C.[Cl][Sb-]([Cl])([Cl])([Cl])([Cl])[Cl]. The van der Waals surface area contributed by atoms with Gasteiger partial charge >= 0.3 is 68.0 Å². The van der Waals surface area contributed by atoms with Gasteiger partial charge in [0.1, 0.15) is 11.5 Å². The Morgan fingerprint density at radius 1 is 1.11 bits per heavy atom. The molecule has 0 aromatic heterocycles. The van der Waals surface area contributed by atoms with Gasteiger partial charge < -0.3 is 9.47 Å². The van der Waals surface area contributed by atoms with E-state index in [4.69, 9.17) is 62.4 Å². The van der Waals surface area contributed by atoms with Crippen molar-refractivity contribution in [3.8, 4) is 11.5 Å². The van der Waals surface area contributed by atoms with E-state index in [2.05, 4.69) is 0 Å². The predicted molar refractivity (Wildman–Crippen MR) is 121 cm³/mol. The van der Waals surface area contributed by atoms with Crippen LogP contribution in [-0.2, 0) is 4.79 Å². The summed E-state index contributed by atoms with van der Waals surface area (Å²) >= 11 is 0. The number of rotatable bonds is 6. The van der Waals surface area contributed by atoms with Crippen LogP contribution in [-0.4, -0.2) is 46.1 Å². The summed E-state index contributed by atoms with van der Waals surface area (Å²) in [4.78, 5) is 12.2. The van der Waals surface area contributed by atoms with Crippen molar-refractivity contribution in [2.45, 2.75) is 39.7 Å². The van der Waals surface area contributed by atoms with Crippen LogP contribution in [0.3, 0.4) is 0 Å². The third-order valence-electron chi connectivity index (χ3n) is 3.02. The van der Waals surface area contributed by atoms with Gasteiger partial charge in [0, 0.05) is 0 Å². The van der Waals surface area contributed by atoms with Gasteiger partial charge in [-0.15, -0.1) is 0 Å². The first-order valence-electron chi connectivity index (χ1n) is 7.93. The molecule has 158 valence electrons. The number of hydrogen-bond donors (Lipinski definition) is 0. The van der Waals surface area contributed by atoms with E-state index < -0.39 is 9.14 Å². The van der Waals surface area contributed by atoms with E-state index in [1.54, 1.807) is 18.8 Å². The van der Waals surface area contributed by atoms with Crippen molar-refractivity contribution in [3.05, 3.63) is 23.8 Å². The summed E-state index contributed by atoms with van der Waals surface area (Å²) in [6, 6.07) is 5.65. The van der Waals surface area contributed by atoms with Crippen LogP contribution in [0.5, 0.6) is 11.5 Å². The van der Waals surface area contributed by atoms with E-state index >= 15 is 0 Å². The van der Waals surface area contributed by atoms with Crippen molar-refractivity contribution < 1.29 is 18.8 Å². The third kappa shape index (κ3) is 15.2. The molecule has 1 aromatic rings. The summed E-state index contributed by atoms with van der Waals surface area (Å²) in [5, 5.41) is 0. The van der Waals surface area contributed by atoms with E-state index in [9.17, 15) is 4.79 Å². The molecule has 0 saturated heterocycles. The Morgan fingerprint density at radius 3 is 2.00 bits per heavy atom. The number of methoxy groups -OCH3 is 2. The fourth-order valence-corrected chi connectivity index (χ4v) is 1.94. The first kappa shape index (κ1) is 27.7. The molecule has 0 aliphatic rings. The Labute approximate surface area is 180 Å². The Balaban J connectivity index is 0.000000821. The summed E-state index contributed by atoms with van der Waals surface area (Å²) in [5.74, 6) is 1.58. The first-order chi connectivity index (χ1) is 12.0. The summed E-state index contributed by atoms with van der Waals surface area (Å²) in [7, 11) is 28.2. The molecule has 0 aliphatic heterocycles. The summed E-state index contributed by atoms with van der Waals surface area (Å²) in [6.07, 6.45) is 3.22. The zero-order valence-corrected chi connectivity index (χ0v) is 22.8. The van der Waals surface area contributed by atoms with E-state index in [0.717, 1.165) is 23.5 Å². The molecule has 1 aromatic carbocycles. The van der Waals surface area contributed by atoms with E-state index in [1.165, 1.54) is 0 Å². The van der Waals surface area contributed by atoms with E-state index in [-0.39, 0.29) is 11.9 Å². The van der Waals surface area contributed by atoms with Crippen LogP contribution in [0.4, 0.5) is 0 Å². The fraction of sp³-hybridized carbons (Fsp3) is 0.500. The normalized spacial score (nSPS) is 14.6. The van der Waals surface area contributed by atoms with Crippen LogP contribution in [0.25, 0.3) is 0 Å². The zero-order valence-electron chi connectivity index (χ0n) is 15.7. The number of amides is 1. The molecule has 0 saturated carbocycles. The number of benzene rings is 1. The molecule has 0 atom stereocenters. The van der Waals surface area contributed by atoms with Gasteiger partial charge in [-0.05, 0) is 38.5 Å². The van der Waals surface area contributed by atoms with Crippen molar-refractivity contribution in [1.29, 1.82) is 0 Å². The van der Waals surface area contributed by atoms with Gasteiger partial charge in [0.15, 0.2) is 12.3 Å². The molecule has 0 fully saturated rings. The average Bonchev–Trinajstić information content (AvgIpc) is 2.49. The maximum absolute atomic E-state index is 12.2. The van der Waals surface area contributed by atoms with Crippen LogP contribution in [0.1, 0.15) is 39.2 Å². The van der Waals surface area contributed by atoms with E-state index in [0.29, 0.717) is 6.42 Å². The molecule has 0 heterocycles. The molecule has 0 radical (unpaired) electrons. The monoisotopic (exact) mass is 609 g/mol. The minimum absolute atomic E-state index is 0.102. The molecule has 0 spiro atoms. The molecule has 0 N–H and O–H groups in total. The van der Waals surface area contributed by atoms with Crippen molar-refractivity contribution >= 4 is 74.2 Å². The molecule has 0 unspecified atom stereocenters. The van der Waals surface area contributed by atoms with Crippen molar-refractivity contribution in [2.24, 2.45) is 0 Å². The van der Waals surface area contributed by atoms with Crippen molar-refractivity contribution in [3.63, 3.8) is 0 Å². The number of ether oxygens (including phenoxy) is 2. The van der Waals surface area contributed by atoms with Crippen LogP contribution in [0.15, 0.2) is 18.2 Å². The molecular formula is C16H24Cl6NO3Sb. The maximum atomic E-state index is 12.2. The Bertz CT molecular complexity index is 676. The number of carbonyl (C=O) groups is 1. The third-order valence-corrected chi connectivity index (χ3v) is 3.02. The number of nitrogens with zero attached hydrogens (tertiary/aromatic N) is 1. The first-order valence-corrected chi connectivity index (χ1v) is 27.3. The fourth-order valence-electron chi connectivity index (χ4n) is 1.94. The quantitative estimate of drug-likeness (QED) is 0.206. The van der Waals surface area contributed by atoms with E-state index in [1.807, 2.05) is 45.2 Å². The molecule has 1 amide bonds. The molecule has 4 nitrogen and oxygen atoms in total. The molecular weight excluding hydrogens is 589 g/mol. The molecule has 0 bridgehead atoms. The average molecular weight is 613 g/mol. The summed E-state index contributed by atoms with van der Waals surface area (Å²) in [6.45, 7) is 6.00. The molecule has 27 heavy (non-hydrogen) atoms. The Kier molecular flexibility index (Phi) is 10.4.